The van der Waals surface area contributed by atoms with Crippen molar-refractivity contribution in [1.82, 2.24) is 4.98 Å². The van der Waals surface area contributed by atoms with Gasteiger partial charge in [0, 0.05) is 11.6 Å². The van der Waals surface area contributed by atoms with Gasteiger partial charge in [0.2, 0.25) is 0 Å². The third-order valence-electron chi connectivity index (χ3n) is 6.72. The van der Waals surface area contributed by atoms with Crippen molar-refractivity contribution >= 4 is 32.4 Å². The first-order valence-corrected chi connectivity index (χ1v) is 11.5. The monoisotopic (exact) mass is 423 g/mol. The number of nitrogens with zero attached hydrogens (tertiary/aromatic N) is 1. The molecule has 6 aromatic rings. The van der Waals surface area contributed by atoms with Crippen LogP contribution < -0.4 is 0 Å². The first kappa shape index (κ1) is 19.7. The lowest BCUT2D eigenvalue weighted by molar-refractivity contribution is 1.20. The highest BCUT2D eigenvalue weighted by molar-refractivity contribution is 6.06. The predicted octanol–water partition coefficient (Wildman–Crippen LogP) is 8.42. The third kappa shape index (κ3) is 3.47. The van der Waals surface area contributed by atoms with Crippen molar-refractivity contribution in [3.8, 4) is 11.1 Å². The molecule has 0 aliphatic carbocycles. The molecule has 0 atom stereocenters. The molecule has 5 aromatic carbocycles. The Morgan fingerprint density at radius 1 is 0.576 bits per heavy atom. The number of hydrogen-bond acceptors (Lipinski definition) is 1. The quantitative estimate of drug-likeness (QED) is 0.278. The molecular weight excluding hydrogens is 398 g/mol. The lowest BCUT2D eigenvalue weighted by Gasteiger charge is -2.14. The summed E-state index contributed by atoms with van der Waals surface area (Å²) >= 11 is 0. The highest BCUT2D eigenvalue weighted by Gasteiger charge is 2.12. The van der Waals surface area contributed by atoms with Crippen molar-refractivity contribution in [3.63, 3.8) is 0 Å². The van der Waals surface area contributed by atoms with Crippen LogP contribution in [0.25, 0.3) is 43.6 Å². The van der Waals surface area contributed by atoms with Crippen LogP contribution in [0.1, 0.15) is 22.3 Å². The summed E-state index contributed by atoms with van der Waals surface area (Å²) in [5, 5.41) is 6.43. The van der Waals surface area contributed by atoms with Crippen molar-refractivity contribution in [3.05, 3.63) is 126 Å². The molecule has 1 heterocycles. The number of benzene rings is 5. The molecule has 0 radical (unpaired) electrons. The summed E-state index contributed by atoms with van der Waals surface area (Å²) in [6, 6.07) is 35.3. The zero-order chi connectivity index (χ0) is 22.4. The van der Waals surface area contributed by atoms with E-state index < -0.39 is 0 Å². The molecule has 33 heavy (non-hydrogen) atoms. The zero-order valence-electron chi connectivity index (χ0n) is 19.0. The molecule has 0 N–H and O–H groups in total. The average molecular weight is 424 g/mol. The second-order valence-corrected chi connectivity index (χ2v) is 9.00. The van der Waals surface area contributed by atoms with Gasteiger partial charge in [-0.25, -0.2) is 0 Å². The van der Waals surface area contributed by atoms with E-state index in [1.807, 2.05) is 6.20 Å². The molecule has 0 bridgehead atoms. The maximum absolute atomic E-state index is 4.65. The van der Waals surface area contributed by atoms with Gasteiger partial charge in [0.1, 0.15) is 0 Å². The van der Waals surface area contributed by atoms with E-state index in [-0.39, 0.29) is 0 Å². The lowest BCUT2D eigenvalue weighted by atomic mass is 9.90. The normalized spacial score (nSPS) is 11.5. The Bertz CT molecular complexity index is 1660. The van der Waals surface area contributed by atoms with Gasteiger partial charge < -0.3 is 0 Å². The Labute approximate surface area is 194 Å². The molecule has 0 saturated heterocycles. The van der Waals surface area contributed by atoms with Crippen LogP contribution >= 0.6 is 0 Å². The Morgan fingerprint density at radius 2 is 1.36 bits per heavy atom. The van der Waals surface area contributed by atoms with Crippen LogP contribution in [0.5, 0.6) is 0 Å². The molecule has 1 aromatic heterocycles. The fourth-order valence-electron chi connectivity index (χ4n) is 5.19. The van der Waals surface area contributed by atoms with Crippen LogP contribution in [-0.4, -0.2) is 4.98 Å². The lowest BCUT2D eigenvalue weighted by Crippen LogP contribution is -1.93. The van der Waals surface area contributed by atoms with Gasteiger partial charge in [-0.05, 0) is 81.3 Å². The Kier molecular flexibility index (Phi) is 4.69. The van der Waals surface area contributed by atoms with Crippen molar-refractivity contribution < 1.29 is 0 Å². The maximum Gasteiger partial charge on any atom is 0.0737 e. The van der Waals surface area contributed by atoms with Crippen LogP contribution in [0.15, 0.2) is 103 Å². The minimum atomic E-state index is 0.934. The summed E-state index contributed by atoms with van der Waals surface area (Å²) in [7, 11) is 0. The molecule has 0 spiro atoms. The topological polar surface area (TPSA) is 12.9 Å². The highest BCUT2D eigenvalue weighted by atomic mass is 14.6. The summed E-state index contributed by atoms with van der Waals surface area (Å²) in [4.78, 5) is 4.65. The largest absolute Gasteiger partial charge is 0.256 e. The first-order chi connectivity index (χ1) is 16.2. The number of hydrogen-bond donors (Lipinski definition) is 0. The molecule has 0 fully saturated rings. The molecule has 6 rings (SSSR count). The highest BCUT2D eigenvalue weighted by Crippen LogP contribution is 2.36. The van der Waals surface area contributed by atoms with E-state index in [4.69, 9.17) is 0 Å². The van der Waals surface area contributed by atoms with Gasteiger partial charge in [0.15, 0.2) is 0 Å². The van der Waals surface area contributed by atoms with Crippen molar-refractivity contribution in [2.24, 2.45) is 0 Å². The third-order valence-corrected chi connectivity index (χ3v) is 6.72. The summed E-state index contributed by atoms with van der Waals surface area (Å²) < 4.78 is 0. The van der Waals surface area contributed by atoms with Gasteiger partial charge in [0.25, 0.3) is 0 Å². The molecule has 0 aliphatic rings. The molecule has 0 saturated carbocycles. The Balaban J connectivity index is 1.47. The van der Waals surface area contributed by atoms with Crippen molar-refractivity contribution in [1.29, 1.82) is 0 Å². The van der Waals surface area contributed by atoms with Gasteiger partial charge >= 0.3 is 0 Å². The Morgan fingerprint density at radius 3 is 2.27 bits per heavy atom. The van der Waals surface area contributed by atoms with Crippen LogP contribution in [0.4, 0.5) is 0 Å². The average Bonchev–Trinajstić information content (AvgIpc) is 2.83. The van der Waals surface area contributed by atoms with Crippen LogP contribution in [0, 0.1) is 13.8 Å². The molecule has 1 nitrogen and oxygen atoms in total. The summed E-state index contributed by atoms with van der Waals surface area (Å²) in [6.07, 6.45) is 2.87. The number of pyridine rings is 1. The summed E-state index contributed by atoms with van der Waals surface area (Å²) in [5.74, 6) is 0. The smallest absolute Gasteiger partial charge is 0.0737 e. The standard InChI is InChI=1S/C32H25N/c1-21-7-5-12-30-28(15-16-33-32(21)30)29-11-6-10-27-20-24(17-22(2)31(27)29)18-23-13-14-25-8-3-4-9-26(25)19-23/h3-17,19-20H,18H2,1-2H3. The van der Waals surface area contributed by atoms with Crippen molar-refractivity contribution in [2.45, 2.75) is 20.3 Å². The SMILES string of the molecule is Cc1cccc2c(-c3cccc4cc(Cc5ccc6ccccc6c5)cc(C)c34)ccnc12. The van der Waals surface area contributed by atoms with E-state index in [0.29, 0.717) is 0 Å². The number of para-hydroxylation sites is 1. The van der Waals surface area contributed by atoms with Crippen molar-refractivity contribution in [2.75, 3.05) is 0 Å². The van der Waals surface area contributed by atoms with E-state index in [9.17, 15) is 0 Å². The summed E-state index contributed by atoms with van der Waals surface area (Å²) in [5.41, 5.74) is 8.83. The van der Waals surface area contributed by atoms with E-state index in [2.05, 4.69) is 116 Å². The zero-order valence-corrected chi connectivity index (χ0v) is 19.0. The first-order valence-electron chi connectivity index (χ1n) is 11.5. The molecular formula is C32H25N. The maximum atomic E-state index is 4.65. The van der Waals surface area contributed by atoms with E-state index in [0.717, 1.165) is 11.9 Å². The van der Waals surface area contributed by atoms with Crippen LogP contribution in [0.2, 0.25) is 0 Å². The van der Waals surface area contributed by atoms with Gasteiger partial charge in [-0.1, -0.05) is 91.0 Å². The number of aryl methyl sites for hydroxylation is 2. The predicted molar refractivity (Wildman–Crippen MR) is 141 cm³/mol. The Hall–Kier alpha value is -3.97. The fraction of sp³-hybridized carbons (Fsp3) is 0.0938. The second kappa shape index (κ2) is 7.86. The molecule has 0 unspecified atom stereocenters. The molecule has 158 valence electrons. The molecule has 1 heteroatoms. The fourth-order valence-corrected chi connectivity index (χ4v) is 5.19. The number of fused-ring (bicyclic) bond motifs is 3. The minimum absolute atomic E-state index is 0.934. The van der Waals surface area contributed by atoms with E-state index in [1.165, 1.54) is 60.3 Å². The summed E-state index contributed by atoms with van der Waals surface area (Å²) in [6.45, 7) is 4.37. The number of rotatable bonds is 3. The van der Waals surface area contributed by atoms with Gasteiger partial charge in [-0.15, -0.1) is 0 Å². The van der Waals surface area contributed by atoms with E-state index >= 15 is 0 Å². The van der Waals surface area contributed by atoms with Gasteiger partial charge in [-0.3, -0.25) is 4.98 Å². The van der Waals surface area contributed by atoms with Gasteiger partial charge in [0.05, 0.1) is 5.52 Å². The number of aromatic nitrogens is 1. The molecule has 0 aliphatic heterocycles. The van der Waals surface area contributed by atoms with E-state index in [1.54, 1.807) is 0 Å². The van der Waals surface area contributed by atoms with Crippen LogP contribution in [-0.2, 0) is 6.42 Å². The minimum Gasteiger partial charge on any atom is -0.256 e. The van der Waals surface area contributed by atoms with Crippen LogP contribution in [0.3, 0.4) is 0 Å². The second-order valence-electron chi connectivity index (χ2n) is 9.00. The molecule has 0 amide bonds. The van der Waals surface area contributed by atoms with Gasteiger partial charge in [-0.2, -0.15) is 0 Å².